The summed E-state index contributed by atoms with van der Waals surface area (Å²) >= 11 is 7.57. The van der Waals surface area contributed by atoms with Gasteiger partial charge in [0.1, 0.15) is 15.6 Å². The van der Waals surface area contributed by atoms with Gasteiger partial charge in [0.05, 0.1) is 17.8 Å². The van der Waals surface area contributed by atoms with Gasteiger partial charge in [-0.25, -0.2) is 4.98 Å². The van der Waals surface area contributed by atoms with E-state index in [4.69, 9.17) is 16.3 Å². The Bertz CT molecular complexity index is 908. The Balaban J connectivity index is 1.78. The lowest BCUT2D eigenvalue weighted by Crippen LogP contribution is -2.22. The fourth-order valence-corrected chi connectivity index (χ4v) is 3.77. The van der Waals surface area contributed by atoms with Crippen molar-refractivity contribution in [3.05, 3.63) is 69.7 Å². The number of para-hydroxylation sites is 1. The van der Waals surface area contributed by atoms with Crippen LogP contribution in [0.2, 0.25) is 5.02 Å². The predicted molar refractivity (Wildman–Crippen MR) is 101 cm³/mol. The third kappa shape index (κ3) is 3.83. The normalized spacial score (nSPS) is 10.5. The van der Waals surface area contributed by atoms with Gasteiger partial charge >= 0.3 is 0 Å². The Kier molecular flexibility index (Phi) is 5.36. The first-order valence-electron chi connectivity index (χ1n) is 7.72. The fourth-order valence-electron chi connectivity index (χ4n) is 2.46. The number of methoxy groups -OCH3 is 1. The largest absolute Gasteiger partial charge is 0.496 e. The highest BCUT2D eigenvalue weighted by molar-refractivity contribution is 7.17. The topological polar surface area (TPSA) is 51.2 Å². The van der Waals surface area contributed by atoms with Crippen molar-refractivity contribution in [2.24, 2.45) is 0 Å². The van der Waals surface area contributed by atoms with Crippen LogP contribution in [-0.2, 0) is 6.54 Å². The SMILES string of the molecule is COc1ccccc1CNC(=O)c1sc(-c2ccccc2Cl)nc1C. The zero-order valence-electron chi connectivity index (χ0n) is 13.9. The van der Waals surface area contributed by atoms with E-state index in [9.17, 15) is 4.79 Å². The minimum Gasteiger partial charge on any atom is -0.496 e. The summed E-state index contributed by atoms with van der Waals surface area (Å²) in [5.74, 6) is 0.597. The average Bonchev–Trinajstić information content (AvgIpc) is 3.02. The summed E-state index contributed by atoms with van der Waals surface area (Å²) in [4.78, 5) is 17.6. The van der Waals surface area contributed by atoms with E-state index < -0.39 is 0 Å². The number of carbonyl (C=O) groups excluding carboxylic acids is 1. The third-order valence-corrected chi connectivity index (χ3v) is 5.26. The maximum Gasteiger partial charge on any atom is 0.263 e. The predicted octanol–water partition coefficient (Wildman–Crippen LogP) is 4.71. The molecule has 3 rings (SSSR count). The molecule has 0 aliphatic carbocycles. The first-order valence-corrected chi connectivity index (χ1v) is 8.92. The molecule has 3 aromatic rings. The lowest BCUT2D eigenvalue weighted by molar-refractivity contribution is 0.0954. The van der Waals surface area contributed by atoms with Gasteiger partial charge in [-0.1, -0.05) is 48.0 Å². The molecule has 25 heavy (non-hydrogen) atoms. The molecule has 1 N–H and O–H groups in total. The Hall–Kier alpha value is -2.37. The zero-order chi connectivity index (χ0) is 17.8. The maximum atomic E-state index is 12.6. The number of ether oxygens (including phenoxy) is 1. The van der Waals surface area contributed by atoms with Gasteiger partial charge in [0.2, 0.25) is 0 Å². The summed E-state index contributed by atoms with van der Waals surface area (Å²) in [7, 11) is 1.61. The molecule has 0 saturated carbocycles. The van der Waals surface area contributed by atoms with Crippen LogP contribution in [0.25, 0.3) is 10.6 Å². The van der Waals surface area contributed by atoms with Crippen LogP contribution in [0, 0.1) is 6.92 Å². The molecule has 0 aliphatic heterocycles. The number of thiazole rings is 1. The molecular formula is C19H17ClN2O2S. The molecule has 0 spiro atoms. The van der Waals surface area contributed by atoms with E-state index in [0.717, 1.165) is 21.9 Å². The minimum absolute atomic E-state index is 0.154. The summed E-state index contributed by atoms with van der Waals surface area (Å²) < 4.78 is 5.31. The molecule has 1 amide bonds. The molecule has 0 bridgehead atoms. The van der Waals surface area contributed by atoms with Gasteiger partial charge in [0.25, 0.3) is 5.91 Å². The molecule has 6 heteroatoms. The van der Waals surface area contributed by atoms with Gasteiger partial charge in [0, 0.05) is 17.7 Å². The van der Waals surface area contributed by atoms with E-state index in [1.165, 1.54) is 11.3 Å². The number of nitrogens with one attached hydrogen (secondary N) is 1. The Morgan fingerprint density at radius 2 is 1.92 bits per heavy atom. The molecule has 0 atom stereocenters. The molecule has 0 saturated heterocycles. The average molecular weight is 373 g/mol. The van der Waals surface area contributed by atoms with Crippen molar-refractivity contribution in [1.29, 1.82) is 0 Å². The van der Waals surface area contributed by atoms with Gasteiger partial charge in [-0.15, -0.1) is 11.3 Å². The van der Waals surface area contributed by atoms with Crippen molar-refractivity contribution in [2.75, 3.05) is 7.11 Å². The number of hydrogen-bond donors (Lipinski definition) is 1. The van der Waals surface area contributed by atoms with Crippen molar-refractivity contribution in [2.45, 2.75) is 13.5 Å². The Morgan fingerprint density at radius 1 is 1.20 bits per heavy atom. The first-order chi connectivity index (χ1) is 12.1. The second-order valence-electron chi connectivity index (χ2n) is 5.41. The zero-order valence-corrected chi connectivity index (χ0v) is 15.4. The molecular weight excluding hydrogens is 356 g/mol. The molecule has 0 unspecified atom stereocenters. The fraction of sp³-hybridized carbons (Fsp3) is 0.158. The number of halogens is 1. The Labute approximate surface area is 155 Å². The second-order valence-corrected chi connectivity index (χ2v) is 6.81. The highest BCUT2D eigenvalue weighted by Gasteiger charge is 2.17. The van der Waals surface area contributed by atoms with Crippen molar-refractivity contribution >= 4 is 28.8 Å². The first kappa shape index (κ1) is 17.5. The van der Waals surface area contributed by atoms with Crippen molar-refractivity contribution < 1.29 is 9.53 Å². The number of benzene rings is 2. The van der Waals surface area contributed by atoms with Crippen LogP contribution < -0.4 is 10.1 Å². The second kappa shape index (κ2) is 7.68. The number of aryl methyl sites for hydroxylation is 1. The lowest BCUT2D eigenvalue weighted by Gasteiger charge is -2.09. The summed E-state index contributed by atoms with van der Waals surface area (Å²) in [5, 5.41) is 4.29. The summed E-state index contributed by atoms with van der Waals surface area (Å²) in [6, 6.07) is 15.1. The lowest BCUT2D eigenvalue weighted by atomic mass is 10.2. The van der Waals surface area contributed by atoms with Crippen LogP contribution in [0.15, 0.2) is 48.5 Å². The van der Waals surface area contributed by atoms with Crippen LogP contribution in [0.3, 0.4) is 0 Å². The van der Waals surface area contributed by atoms with Crippen LogP contribution in [0.1, 0.15) is 20.9 Å². The van der Waals surface area contributed by atoms with Crippen molar-refractivity contribution in [3.8, 4) is 16.3 Å². The van der Waals surface area contributed by atoms with Crippen LogP contribution in [-0.4, -0.2) is 18.0 Å². The smallest absolute Gasteiger partial charge is 0.263 e. The van der Waals surface area contributed by atoms with Gasteiger partial charge in [-0.3, -0.25) is 4.79 Å². The van der Waals surface area contributed by atoms with Crippen molar-refractivity contribution in [1.82, 2.24) is 10.3 Å². The molecule has 0 fully saturated rings. The Morgan fingerprint density at radius 3 is 2.68 bits per heavy atom. The highest BCUT2D eigenvalue weighted by atomic mass is 35.5. The molecule has 1 heterocycles. The highest BCUT2D eigenvalue weighted by Crippen LogP contribution is 2.32. The van der Waals surface area contributed by atoms with Gasteiger partial charge < -0.3 is 10.1 Å². The van der Waals surface area contributed by atoms with Crippen LogP contribution >= 0.6 is 22.9 Å². The number of amides is 1. The number of nitrogens with zero attached hydrogens (tertiary/aromatic N) is 1. The van der Waals surface area contributed by atoms with E-state index in [1.807, 2.05) is 55.5 Å². The van der Waals surface area contributed by atoms with Crippen LogP contribution in [0.4, 0.5) is 0 Å². The quantitative estimate of drug-likeness (QED) is 0.705. The maximum absolute atomic E-state index is 12.6. The minimum atomic E-state index is -0.154. The molecule has 128 valence electrons. The number of hydrogen-bond acceptors (Lipinski definition) is 4. The van der Waals surface area contributed by atoms with Gasteiger partial charge in [0.15, 0.2) is 0 Å². The third-order valence-electron chi connectivity index (χ3n) is 3.74. The van der Waals surface area contributed by atoms with Crippen molar-refractivity contribution in [3.63, 3.8) is 0 Å². The molecule has 1 aromatic heterocycles. The van der Waals surface area contributed by atoms with E-state index >= 15 is 0 Å². The van der Waals surface area contributed by atoms with Gasteiger partial charge in [-0.2, -0.15) is 0 Å². The summed E-state index contributed by atoms with van der Waals surface area (Å²) in [6.07, 6.45) is 0. The van der Waals surface area contributed by atoms with E-state index in [1.54, 1.807) is 7.11 Å². The van der Waals surface area contributed by atoms with E-state index in [0.29, 0.717) is 22.1 Å². The standard InChI is InChI=1S/C19H17ClN2O2S/c1-12-17(25-19(22-12)14-8-4-5-9-15(14)20)18(23)21-11-13-7-3-6-10-16(13)24-2/h3-10H,11H2,1-2H3,(H,21,23). The number of carbonyl (C=O) groups is 1. The van der Waals surface area contributed by atoms with E-state index in [2.05, 4.69) is 10.3 Å². The molecule has 2 aromatic carbocycles. The summed E-state index contributed by atoms with van der Waals surface area (Å²) in [5.41, 5.74) is 2.45. The van der Waals surface area contributed by atoms with Crippen LogP contribution in [0.5, 0.6) is 5.75 Å². The summed E-state index contributed by atoms with van der Waals surface area (Å²) in [6.45, 7) is 2.22. The number of rotatable bonds is 5. The molecule has 0 aliphatic rings. The molecule has 4 nitrogen and oxygen atoms in total. The van der Waals surface area contributed by atoms with Gasteiger partial charge in [-0.05, 0) is 19.1 Å². The van der Waals surface area contributed by atoms with E-state index in [-0.39, 0.29) is 5.91 Å². The molecule has 0 radical (unpaired) electrons. The monoisotopic (exact) mass is 372 g/mol. The number of aromatic nitrogens is 1.